The first kappa shape index (κ1) is 16.8. The number of nitrogens with zero attached hydrogens (tertiary/aromatic N) is 4. The molecular weight excluding hydrogens is 356 g/mol. The van der Waals surface area contributed by atoms with Crippen molar-refractivity contribution >= 4 is 17.2 Å². The minimum absolute atomic E-state index is 0.000367. The number of fused-ring (bicyclic) bond motifs is 8. The lowest BCUT2D eigenvalue weighted by Crippen LogP contribution is -2.64. The van der Waals surface area contributed by atoms with Gasteiger partial charge in [-0.1, -0.05) is 68.5 Å². The molecule has 4 nitrogen and oxygen atoms in total. The van der Waals surface area contributed by atoms with Gasteiger partial charge in [0.1, 0.15) is 11.9 Å². The molecule has 0 bridgehead atoms. The third-order valence-corrected chi connectivity index (χ3v) is 7.50. The largest absolute Gasteiger partial charge is 0.349 e. The van der Waals surface area contributed by atoms with E-state index in [9.17, 15) is 0 Å². The van der Waals surface area contributed by atoms with Gasteiger partial charge < -0.3 is 9.80 Å². The summed E-state index contributed by atoms with van der Waals surface area (Å²) in [6.07, 6.45) is 6.92. The van der Waals surface area contributed by atoms with Crippen molar-refractivity contribution in [2.75, 3.05) is 16.8 Å². The van der Waals surface area contributed by atoms with E-state index in [0.29, 0.717) is 0 Å². The van der Waals surface area contributed by atoms with E-state index in [0.717, 1.165) is 22.9 Å². The van der Waals surface area contributed by atoms with Crippen LogP contribution in [0.15, 0.2) is 66.9 Å². The quantitative estimate of drug-likeness (QED) is 0.542. The van der Waals surface area contributed by atoms with E-state index in [2.05, 4.69) is 98.3 Å². The van der Waals surface area contributed by atoms with E-state index < -0.39 is 0 Å². The summed E-state index contributed by atoms with van der Waals surface area (Å²) in [6.45, 7) is 6.85. The molecule has 0 spiro atoms. The zero-order valence-corrected chi connectivity index (χ0v) is 17.2. The molecule has 0 N–H and O–H groups in total. The Kier molecular flexibility index (Phi) is 3.05. The topological polar surface area (TPSA) is 32.3 Å². The molecule has 0 saturated carbocycles. The monoisotopic (exact) mass is 380 g/mol. The maximum atomic E-state index is 5.10. The molecule has 6 rings (SSSR count). The number of hydrogen-bond donors (Lipinski definition) is 0. The van der Waals surface area contributed by atoms with E-state index in [4.69, 9.17) is 9.97 Å². The van der Waals surface area contributed by atoms with Crippen LogP contribution in [0.25, 0.3) is 11.4 Å². The van der Waals surface area contributed by atoms with Crippen LogP contribution in [0.3, 0.4) is 0 Å². The first-order valence-corrected chi connectivity index (χ1v) is 10.2. The van der Waals surface area contributed by atoms with Crippen LogP contribution in [0, 0.1) is 12.3 Å². The molecule has 0 amide bonds. The van der Waals surface area contributed by atoms with Gasteiger partial charge in [0.05, 0.1) is 6.20 Å². The van der Waals surface area contributed by atoms with Gasteiger partial charge in [-0.15, -0.1) is 0 Å². The Labute approximate surface area is 171 Å². The van der Waals surface area contributed by atoms with E-state index in [1.54, 1.807) is 0 Å². The number of benzene rings is 2. The number of para-hydroxylation sites is 1. The van der Waals surface area contributed by atoms with Crippen molar-refractivity contribution in [3.8, 4) is 11.4 Å². The summed E-state index contributed by atoms with van der Waals surface area (Å²) in [5, 5.41) is 0. The smallest absolute Gasteiger partial charge is 0.162 e. The van der Waals surface area contributed by atoms with Gasteiger partial charge in [0, 0.05) is 29.1 Å². The molecule has 1 aromatic heterocycles. The minimum Gasteiger partial charge on any atom is -0.349 e. The standard InChI is InChI=1S/C25H24N4/c1-16-9-5-6-10-17(16)21-26-15-20-22(27-21)29-19-12-8-7-11-18(19)24(2)13-14-25(24,3)23(29)28(20)4/h5-15,23H,1-4H3. The fourth-order valence-corrected chi connectivity index (χ4v) is 5.54. The zero-order chi connectivity index (χ0) is 20.0. The summed E-state index contributed by atoms with van der Waals surface area (Å²) in [7, 11) is 2.17. The van der Waals surface area contributed by atoms with Gasteiger partial charge in [0.25, 0.3) is 0 Å². The second-order valence-corrected chi connectivity index (χ2v) is 8.91. The van der Waals surface area contributed by atoms with Gasteiger partial charge in [-0.05, 0) is 24.1 Å². The highest BCUT2D eigenvalue weighted by Crippen LogP contribution is 2.65. The lowest BCUT2D eigenvalue weighted by atomic mass is 9.51. The van der Waals surface area contributed by atoms with Gasteiger partial charge in [-0.2, -0.15) is 0 Å². The molecule has 144 valence electrons. The second-order valence-electron chi connectivity index (χ2n) is 8.91. The van der Waals surface area contributed by atoms with Crippen LogP contribution in [0.1, 0.15) is 25.0 Å². The van der Waals surface area contributed by atoms with E-state index in [1.807, 2.05) is 6.20 Å². The molecule has 3 atom stereocenters. The van der Waals surface area contributed by atoms with Crippen LogP contribution in [0.4, 0.5) is 17.2 Å². The first-order chi connectivity index (χ1) is 14.0. The number of rotatable bonds is 1. The Morgan fingerprint density at radius 2 is 1.69 bits per heavy atom. The van der Waals surface area contributed by atoms with Crippen LogP contribution >= 0.6 is 0 Å². The van der Waals surface area contributed by atoms with E-state index in [1.165, 1.54) is 16.8 Å². The average molecular weight is 380 g/mol. The van der Waals surface area contributed by atoms with Gasteiger partial charge >= 0.3 is 0 Å². The fraction of sp³-hybridized carbons (Fsp3) is 0.280. The molecule has 0 saturated heterocycles. The Morgan fingerprint density at radius 1 is 0.931 bits per heavy atom. The minimum atomic E-state index is -0.000367. The van der Waals surface area contributed by atoms with Gasteiger partial charge in [0.15, 0.2) is 11.6 Å². The lowest BCUT2D eigenvalue weighted by Gasteiger charge is -2.61. The molecule has 1 aliphatic carbocycles. The van der Waals surface area contributed by atoms with Crippen LogP contribution < -0.4 is 9.80 Å². The molecule has 2 aromatic carbocycles. The van der Waals surface area contributed by atoms with Gasteiger partial charge in [-0.25, -0.2) is 9.97 Å². The van der Waals surface area contributed by atoms with Crippen molar-refractivity contribution in [1.29, 1.82) is 0 Å². The molecule has 0 fully saturated rings. The van der Waals surface area contributed by atoms with Gasteiger partial charge in [0.2, 0.25) is 0 Å². The second kappa shape index (κ2) is 5.26. The highest BCUT2D eigenvalue weighted by molar-refractivity contribution is 5.86. The van der Waals surface area contributed by atoms with Crippen LogP contribution in [-0.2, 0) is 5.41 Å². The number of aryl methyl sites for hydroxylation is 1. The summed E-state index contributed by atoms with van der Waals surface area (Å²) < 4.78 is 0. The summed E-state index contributed by atoms with van der Waals surface area (Å²) in [6, 6.07) is 17.1. The third-order valence-electron chi connectivity index (χ3n) is 7.50. The van der Waals surface area contributed by atoms with E-state index >= 15 is 0 Å². The molecule has 2 aliphatic heterocycles. The van der Waals surface area contributed by atoms with Crippen molar-refractivity contribution < 1.29 is 0 Å². The van der Waals surface area contributed by atoms with Crippen LogP contribution in [-0.4, -0.2) is 23.2 Å². The number of allylic oxidation sites excluding steroid dienone is 1. The molecule has 3 aromatic rings. The molecule has 29 heavy (non-hydrogen) atoms. The molecule has 3 unspecified atom stereocenters. The molecule has 3 aliphatic rings. The molecule has 3 heterocycles. The maximum absolute atomic E-state index is 5.10. The fourth-order valence-electron chi connectivity index (χ4n) is 5.54. The average Bonchev–Trinajstić information content (AvgIpc) is 3.03. The van der Waals surface area contributed by atoms with Crippen molar-refractivity contribution in [2.45, 2.75) is 32.4 Å². The Bertz CT molecular complexity index is 1200. The molecule has 4 heteroatoms. The normalized spacial score (nSPS) is 28.3. The Morgan fingerprint density at radius 3 is 2.45 bits per heavy atom. The number of hydrogen-bond acceptors (Lipinski definition) is 4. The number of anilines is 3. The van der Waals surface area contributed by atoms with Crippen molar-refractivity contribution in [3.05, 3.63) is 78.0 Å². The van der Waals surface area contributed by atoms with Crippen LogP contribution in [0.5, 0.6) is 0 Å². The number of aromatic nitrogens is 2. The first-order valence-electron chi connectivity index (χ1n) is 10.2. The van der Waals surface area contributed by atoms with Gasteiger partial charge in [-0.3, -0.25) is 0 Å². The third kappa shape index (κ3) is 1.85. The summed E-state index contributed by atoms with van der Waals surface area (Å²) in [5.74, 6) is 1.79. The zero-order valence-electron chi connectivity index (χ0n) is 17.2. The summed E-state index contributed by atoms with van der Waals surface area (Å²) >= 11 is 0. The maximum Gasteiger partial charge on any atom is 0.162 e. The highest BCUT2D eigenvalue weighted by atomic mass is 15.5. The molecular formula is C25H24N4. The van der Waals surface area contributed by atoms with Crippen molar-refractivity contribution in [2.24, 2.45) is 5.41 Å². The van der Waals surface area contributed by atoms with E-state index in [-0.39, 0.29) is 17.0 Å². The summed E-state index contributed by atoms with van der Waals surface area (Å²) in [4.78, 5) is 14.6. The summed E-state index contributed by atoms with van der Waals surface area (Å²) in [5.41, 5.74) is 6.02. The van der Waals surface area contributed by atoms with Crippen molar-refractivity contribution in [1.82, 2.24) is 9.97 Å². The Balaban J connectivity index is 1.60. The molecule has 0 radical (unpaired) electrons. The predicted octanol–water partition coefficient (Wildman–Crippen LogP) is 5.21. The predicted molar refractivity (Wildman–Crippen MR) is 118 cm³/mol. The lowest BCUT2D eigenvalue weighted by molar-refractivity contribution is 0.171. The van der Waals surface area contributed by atoms with Crippen LogP contribution in [0.2, 0.25) is 0 Å². The highest BCUT2D eigenvalue weighted by Gasteiger charge is 2.63. The Hall–Kier alpha value is -3.14. The SMILES string of the molecule is Cc1ccccc1-c1ncc2c(n1)N1c3ccccc3C3(C)C=CC3(C)C1N2C. The van der Waals surface area contributed by atoms with Crippen molar-refractivity contribution in [3.63, 3.8) is 0 Å².